The third-order valence-electron chi connectivity index (χ3n) is 3.29. The average molecular weight is 240 g/mol. The maximum Gasteiger partial charge on any atom is 0.170 e. The van der Waals surface area contributed by atoms with Crippen LogP contribution in [0.3, 0.4) is 0 Å². The molecule has 3 heterocycles. The fraction of sp³-hybridized carbons (Fsp3) is 0.727. The second kappa shape index (κ2) is 4.41. The summed E-state index contributed by atoms with van der Waals surface area (Å²) in [6, 6.07) is 0. The molecule has 2 fully saturated rings. The number of thiazole rings is 1. The summed E-state index contributed by atoms with van der Waals surface area (Å²) >= 11 is 1.73. The van der Waals surface area contributed by atoms with Crippen LogP contribution >= 0.6 is 11.3 Å². The van der Waals surface area contributed by atoms with Gasteiger partial charge in [0.05, 0.1) is 18.7 Å². The van der Waals surface area contributed by atoms with Crippen LogP contribution in [-0.2, 0) is 16.0 Å². The van der Waals surface area contributed by atoms with E-state index in [2.05, 4.69) is 9.88 Å². The van der Waals surface area contributed by atoms with E-state index in [-0.39, 0.29) is 5.79 Å². The van der Waals surface area contributed by atoms with Crippen molar-refractivity contribution in [1.82, 2.24) is 9.88 Å². The first kappa shape index (κ1) is 10.7. The van der Waals surface area contributed by atoms with E-state index in [1.54, 1.807) is 11.3 Å². The van der Waals surface area contributed by atoms with Crippen LogP contribution in [0.25, 0.3) is 0 Å². The number of aromatic nitrogens is 1. The normalized spacial score (nSPS) is 25.2. The van der Waals surface area contributed by atoms with E-state index in [0.717, 1.165) is 45.7 Å². The SMILES string of the molecule is c1ncc(CN2CCC3(CC2)OCCO3)s1. The Labute approximate surface area is 99.2 Å². The van der Waals surface area contributed by atoms with E-state index < -0.39 is 0 Å². The van der Waals surface area contributed by atoms with E-state index in [4.69, 9.17) is 9.47 Å². The van der Waals surface area contributed by atoms with Gasteiger partial charge in [-0.25, -0.2) is 0 Å². The molecule has 0 saturated carbocycles. The van der Waals surface area contributed by atoms with Crippen LogP contribution in [0.1, 0.15) is 17.7 Å². The molecule has 0 aromatic carbocycles. The van der Waals surface area contributed by atoms with Crippen molar-refractivity contribution in [3.63, 3.8) is 0 Å². The first-order valence-corrected chi connectivity index (χ1v) is 6.62. The molecule has 3 rings (SSSR count). The highest BCUT2D eigenvalue weighted by Crippen LogP contribution is 2.31. The van der Waals surface area contributed by atoms with E-state index >= 15 is 0 Å². The second-order valence-electron chi connectivity index (χ2n) is 4.35. The summed E-state index contributed by atoms with van der Waals surface area (Å²) in [7, 11) is 0. The van der Waals surface area contributed by atoms with Crippen molar-refractivity contribution in [2.75, 3.05) is 26.3 Å². The minimum absolute atomic E-state index is 0.246. The van der Waals surface area contributed by atoms with Crippen molar-refractivity contribution in [2.24, 2.45) is 0 Å². The van der Waals surface area contributed by atoms with Crippen LogP contribution in [0.15, 0.2) is 11.7 Å². The fourth-order valence-electron chi connectivity index (χ4n) is 2.38. The Balaban J connectivity index is 1.54. The molecule has 0 radical (unpaired) electrons. The number of likely N-dealkylation sites (tertiary alicyclic amines) is 1. The predicted molar refractivity (Wildman–Crippen MR) is 61.3 cm³/mol. The quantitative estimate of drug-likeness (QED) is 0.784. The molecule has 1 spiro atoms. The standard InChI is InChI=1S/C11H16N2O2S/c1-3-13(8-10-7-12-9-16-10)4-2-11(1)14-5-6-15-11/h7,9H,1-6,8H2. The molecule has 5 heteroatoms. The third kappa shape index (κ3) is 2.13. The number of hydrogen-bond donors (Lipinski definition) is 0. The van der Waals surface area contributed by atoms with Gasteiger partial charge in [0, 0.05) is 43.5 Å². The molecule has 16 heavy (non-hydrogen) atoms. The van der Waals surface area contributed by atoms with Gasteiger partial charge < -0.3 is 9.47 Å². The molecule has 0 N–H and O–H groups in total. The van der Waals surface area contributed by atoms with Crippen LogP contribution in [0, 0.1) is 0 Å². The maximum absolute atomic E-state index is 5.71. The Bertz CT molecular complexity index is 326. The minimum Gasteiger partial charge on any atom is -0.347 e. The molecule has 2 aliphatic rings. The Morgan fingerprint density at radius 3 is 2.69 bits per heavy atom. The fourth-order valence-corrected chi connectivity index (χ4v) is 3.01. The van der Waals surface area contributed by atoms with Crippen LogP contribution in [0.2, 0.25) is 0 Å². The molecule has 2 saturated heterocycles. The van der Waals surface area contributed by atoms with E-state index in [0.29, 0.717) is 0 Å². The zero-order chi connectivity index (χ0) is 10.8. The van der Waals surface area contributed by atoms with Crippen molar-refractivity contribution in [1.29, 1.82) is 0 Å². The summed E-state index contributed by atoms with van der Waals surface area (Å²) in [4.78, 5) is 7.89. The monoisotopic (exact) mass is 240 g/mol. The zero-order valence-corrected chi connectivity index (χ0v) is 10.0. The highest BCUT2D eigenvalue weighted by molar-refractivity contribution is 7.09. The highest BCUT2D eigenvalue weighted by Gasteiger charge is 2.39. The van der Waals surface area contributed by atoms with Crippen molar-refractivity contribution in [3.8, 4) is 0 Å². The Kier molecular flexibility index (Phi) is 2.93. The first-order valence-electron chi connectivity index (χ1n) is 5.74. The molecule has 0 amide bonds. The third-order valence-corrected chi connectivity index (χ3v) is 4.06. The summed E-state index contributed by atoms with van der Waals surface area (Å²) in [6.07, 6.45) is 3.94. The van der Waals surface area contributed by atoms with Crippen LogP contribution in [0.4, 0.5) is 0 Å². The summed E-state index contributed by atoms with van der Waals surface area (Å²) in [6.45, 7) is 4.64. The van der Waals surface area contributed by atoms with Gasteiger partial charge in [-0.2, -0.15) is 0 Å². The summed E-state index contributed by atoms with van der Waals surface area (Å²) in [5.74, 6) is -0.246. The summed E-state index contributed by atoms with van der Waals surface area (Å²) < 4.78 is 11.4. The van der Waals surface area contributed by atoms with Gasteiger partial charge in [0.2, 0.25) is 0 Å². The topological polar surface area (TPSA) is 34.6 Å². The van der Waals surface area contributed by atoms with E-state index in [9.17, 15) is 0 Å². The van der Waals surface area contributed by atoms with Gasteiger partial charge in [0.1, 0.15) is 0 Å². The van der Waals surface area contributed by atoms with Crippen molar-refractivity contribution in [2.45, 2.75) is 25.2 Å². The summed E-state index contributed by atoms with van der Waals surface area (Å²) in [5, 5.41) is 0. The molecular weight excluding hydrogens is 224 g/mol. The maximum atomic E-state index is 5.71. The van der Waals surface area contributed by atoms with Gasteiger partial charge in [-0.05, 0) is 0 Å². The minimum atomic E-state index is -0.246. The van der Waals surface area contributed by atoms with Gasteiger partial charge in [-0.3, -0.25) is 9.88 Å². The Morgan fingerprint density at radius 2 is 2.06 bits per heavy atom. The number of ether oxygens (including phenoxy) is 2. The molecule has 4 nitrogen and oxygen atoms in total. The number of rotatable bonds is 2. The van der Waals surface area contributed by atoms with Gasteiger partial charge in [0.25, 0.3) is 0 Å². The zero-order valence-electron chi connectivity index (χ0n) is 9.22. The lowest BCUT2D eigenvalue weighted by Gasteiger charge is -2.37. The molecule has 2 aliphatic heterocycles. The van der Waals surface area contributed by atoms with Gasteiger partial charge >= 0.3 is 0 Å². The Morgan fingerprint density at radius 1 is 1.31 bits per heavy atom. The Hall–Kier alpha value is -0.490. The molecular formula is C11H16N2O2S. The first-order chi connectivity index (χ1) is 7.86. The van der Waals surface area contributed by atoms with Crippen LogP contribution in [-0.4, -0.2) is 42.0 Å². The molecule has 0 unspecified atom stereocenters. The van der Waals surface area contributed by atoms with E-state index in [1.807, 2.05) is 11.7 Å². The lowest BCUT2D eigenvalue weighted by Crippen LogP contribution is -2.44. The highest BCUT2D eigenvalue weighted by atomic mass is 32.1. The smallest absolute Gasteiger partial charge is 0.170 e. The molecule has 1 aromatic heterocycles. The van der Waals surface area contributed by atoms with Crippen molar-refractivity contribution in [3.05, 3.63) is 16.6 Å². The predicted octanol–water partition coefficient (Wildman–Crippen LogP) is 1.48. The second-order valence-corrected chi connectivity index (χ2v) is 5.32. The lowest BCUT2D eigenvalue weighted by molar-refractivity contribution is -0.185. The number of piperidine rings is 1. The molecule has 0 atom stereocenters. The van der Waals surface area contributed by atoms with E-state index in [1.165, 1.54) is 4.88 Å². The summed E-state index contributed by atoms with van der Waals surface area (Å²) in [5.41, 5.74) is 1.89. The van der Waals surface area contributed by atoms with Crippen LogP contribution in [0.5, 0.6) is 0 Å². The van der Waals surface area contributed by atoms with Crippen molar-refractivity contribution >= 4 is 11.3 Å². The average Bonchev–Trinajstić information content (AvgIpc) is 2.94. The van der Waals surface area contributed by atoms with Gasteiger partial charge in [-0.15, -0.1) is 11.3 Å². The molecule has 1 aromatic rings. The molecule has 88 valence electrons. The van der Waals surface area contributed by atoms with Crippen molar-refractivity contribution < 1.29 is 9.47 Å². The van der Waals surface area contributed by atoms with Crippen LogP contribution < -0.4 is 0 Å². The molecule has 0 bridgehead atoms. The number of hydrogen-bond acceptors (Lipinski definition) is 5. The molecule has 0 aliphatic carbocycles. The van der Waals surface area contributed by atoms with Gasteiger partial charge in [-0.1, -0.05) is 0 Å². The number of nitrogens with zero attached hydrogens (tertiary/aromatic N) is 2. The lowest BCUT2D eigenvalue weighted by atomic mass is 10.0. The largest absolute Gasteiger partial charge is 0.347 e. The van der Waals surface area contributed by atoms with Gasteiger partial charge in [0.15, 0.2) is 5.79 Å².